The van der Waals surface area contributed by atoms with Crippen LogP contribution in [-0.4, -0.2) is 57.9 Å². The van der Waals surface area contributed by atoms with Gasteiger partial charge in [0, 0.05) is 5.54 Å². The molecule has 2 aromatic rings. The van der Waals surface area contributed by atoms with Gasteiger partial charge in [-0.2, -0.15) is 28.1 Å². The number of piperidine rings is 1. The van der Waals surface area contributed by atoms with E-state index in [1.165, 1.54) is 12.8 Å². The number of carboxylic acid groups (broad SMARTS) is 1. The number of benzene rings is 1. The molecule has 0 atom stereocenters. The number of ether oxygens (including phenoxy) is 1. The lowest BCUT2D eigenvalue weighted by Gasteiger charge is -2.38. The van der Waals surface area contributed by atoms with Crippen molar-refractivity contribution < 1.29 is 27.8 Å². The van der Waals surface area contributed by atoms with Crippen molar-refractivity contribution in [2.75, 3.05) is 31.2 Å². The molecular formula is C21H30F3N7O3. The summed E-state index contributed by atoms with van der Waals surface area (Å²) in [5.74, 6) is -0.218. The van der Waals surface area contributed by atoms with Gasteiger partial charge in [0.15, 0.2) is 0 Å². The number of halogens is 3. The third kappa shape index (κ3) is 8.30. The number of carboxylic acids is 1. The topological polar surface area (TPSA) is 147 Å². The van der Waals surface area contributed by atoms with Crippen molar-refractivity contribution >= 4 is 23.6 Å². The number of carbonyl (C=O) groups is 1. The number of hydrogen-bond donors (Lipinski definition) is 5. The van der Waals surface area contributed by atoms with Crippen molar-refractivity contribution in [3.05, 3.63) is 30.1 Å². The highest BCUT2D eigenvalue weighted by Gasteiger charge is 2.38. The average molecular weight is 486 g/mol. The van der Waals surface area contributed by atoms with E-state index >= 15 is 0 Å². The van der Waals surface area contributed by atoms with Crippen LogP contribution in [0.3, 0.4) is 0 Å². The van der Waals surface area contributed by atoms with Gasteiger partial charge in [0.05, 0.1) is 19.3 Å². The molecule has 6 N–H and O–H groups in total. The number of para-hydroxylation sites is 2. The van der Waals surface area contributed by atoms with E-state index in [0.29, 0.717) is 30.0 Å². The molecule has 1 saturated heterocycles. The molecule has 0 unspecified atom stereocenters. The number of aliphatic carboxylic acids is 1. The summed E-state index contributed by atoms with van der Waals surface area (Å²) in [5.41, 5.74) is 6.67. The van der Waals surface area contributed by atoms with E-state index < -0.39 is 12.1 Å². The van der Waals surface area contributed by atoms with Crippen LogP contribution in [0.1, 0.15) is 32.5 Å². The van der Waals surface area contributed by atoms with E-state index in [1.54, 1.807) is 7.11 Å². The second-order valence-electron chi connectivity index (χ2n) is 8.16. The summed E-state index contributed by atoms with van der Waals surface area (Å²) in [7, 11) is 1.63. The quantitative estimate of drug-likeness (QED) is 0.396. The number of methoxy groups -OCH3 is 1. The summed E-state index contributed by atoms with van der Waals surface area (Å²) >= 11 is 0. The lowest BCUT2D eigenvalue weighted by atomic mass is 9.81. The Morgan fingerprint density at radius 2 is 1.82 bits per heavy atom. The van der Waals surface area contributed by atoms with Gasteiger partial charge in [-0.05, 0) is 57.8 Å². The molecule has 34 heavy (non-hydrogen) atoms. The largest absolute Gasteiger partial charge is 0.495 e. The van der Waals surface area contributed by atoms with Crippen molar-refractivity contribution in [1.82, 2.24) is 25.6 Å². The summed E-state index contributed by atoms with van der Waals surface area (Å²) in [4.78, 5) is 21.9. The van der Waals surface area contributed by atoms with Gasteiger partial charge in [-0.1, -0.05) is 12.1 Å². The monoisotopic (exact) mass is 485 g/mol. The highest BCUT2D eigenvalue weighted by Crippen LogP contribution is 2.27. The molecule has 0 amide bonds. The van der Waals surface area contributed by atoms with Gasteiger partial charge in [0.1, 0.15) is 11.6 Å². The highest BCUT2D eigenvalue weighted by molar-refractivity contribution is 5.73. The van der Waals surface area contributed by atoms with E-state index in [1.807, 2.05) is 24.3 Å². The van der Waals surface area contributed by atoms with Gasteiger partial charge in [-0.15, -0.1) is 0 Å². The maximum Gasteiger partial charge on any atom is 0.490 e. The Labute approximate surface area is 195 Å². The number of anilines is 3. The van der Waals surface area contributed by atoms with Crippen LogP contribution in [-0.2, 0) is 11.3 Å². The molecule has 3 rings (SSSR count). The fourth-order valence-corrected chi connectivity index (χ4v) is 3.44. The molecular weight excluding hydrogens is 455 g/mol. The van der Waals surface area contributed by atoms with Crippen LogP contribution >= 0.6 is 0 Å². The van der Waals surface area contributed by atoms with Crippen LogP contribution < -0.4 is 26.4 Å². The van der Waals surface area contributed by atoms with E-state index in [4.69, 9.17) is 20.4 Å². The molecule has 13 heteroatoms. The third-order valence-electron chi connectivity index (χ3n) is 5.36. The standard InChI is InChI=1S/C19H29N7O.C2HF3O2/c1-19(2,13-8-10-21-11-9-13)22-12-16-24-17(20)26-18(25-16)23-14-6-4-5-7-15(14)27-3;3-2(4,5)1(6)7/h4-7,13,21-22H,8-12H2,1-3H3,(H3,20,23,24,25,26);(H,6,7). The van der Waals surface area contributed by atoms with E-state index in [0.717, 1.165) is 18.8 Å². The van der Waals surface area contributed by atoms with Crippen LogP contribution in [0.2, 0.25) is 0 Å². The van der Waals surface area contributed by atoms with Crippen LogP contribution in [0.5, 0.6) is 5.75 Å². The van der Waals surface area contributed by atoms with E-state index in [9.17, 15) is 13.2 Å². The first-order valence-electron chi connectivity index (χ1n) is 10.6. The predicted octanol–water partition coefficient (Wildman–Crippen LogP) is 2.71. The number of nitrogens with two attached hydrogens (primary N) is 1. The fraction of sp³-hybridized carbons (Fsp3) is 0.524. The Balaban J connectivity index is 0.000000509. The Morgan fingerprint density at radius 1 is 1.21 bits per heavy atom. The van der Waals surface area contributed by atoms with Crippen molar-refractivity contribution in [1.29, 1.82) is 0 Å². The van der Waals surface area contributed by atoms with E-state index in [2.05, 4.69) is 44.7 Å². The number of alkyl halides is 3. The second kappa shape index (κ2) is 11.8. The zero-order valence-electron chi connectivity index (χ0n) is 19.2. The first-order valence-corrected chi connectivity index (χ1v) is 10.6. The minimum atomic E-state index is -5.08. The molecule has 188 valence electrons. The molecule has 10 nitrogen and oxygen atoms in total. The van der Waals surface area contributed by atoms with Crippen LogP contribution in [0, 0.1) is 5.92 Å². The van der Waals surface area contributed by atoms with Crippen LogP contribution in [0.25, 0.3) is 0 Å². The van der Waals surface area contributed by atoms with Gasteiger partial charge in [-0.3, -0.25) is 0 Å². The van der Waals surface area contributed by atoms with Gasteiger partial charge < -0.3 is 31.5 Å². The zero-order valence-corrected chi connectivity index (χ0v) is 19.2. The fourth-order valence-electron chi connectivity index (χ4n) is 3.44. The first-order chi connectivity index (χ1) is 15.9. The number of hydrogen-bond acceptors (Lipinski definition) is 9. The third-order valence-corrected chi connectivity index (χ3v) is 5.36. The molecule has 1 aliphatic heterocycles. The molecule has 1 fully saturated rings. The number of nitrogens with one attached hydrogen (secondary N) is 3. The normalized spacial score (nSPS) is 14.6. The number of aromatic nitrogens is 3. The van der Waals surface area contributed by atoms with Crippen LogP contribution in [0.4, 0.5) is 30.8 Å². The number of nitrogens with zero attached hydrogens (tertiary/aromatic N) is 3. The van der Waals surface area contributed by atoms with Gasteiger partial charge in [0.2, 0.25) is 11.9 Å². The summed E-state index contributed by atoms with van der Waals surface area (Å²) in [5, 5.41) is 17.3. The van der Waals surface area contributed by atoms with Crippen molar-refractivity contribution in [2.45, 2.75) is 44.9 Å². The first kappa shape index (κ1) is 27.1. The second-order valence-corrected chi connectivity index (χ2v) is 8.16. The lowest BCUT2D eigenvalue weighted by molar-refractivity contribution is -0.192. The Hall–Kier alpha value is -3.19. The molecule has 0 bridgehead atoms. The molecule has 0 spiro atoms. The zero-order chi connectivity index (χ0) is 25.4. The number of nitrogen functional groups attached to an aromatic ring is 1. The SMILES string of the molecule is COc1ccccc1Nc1nc(N)nc(CNC(C)(C)C2CCNCC2)n1.O=C(O)C(F)(F)F. The summed E-state index contributed by atoms with van der Waals surface area (Å²) in [6.45, 7) is 7.15. The van der Waals surface area contributed by atoms with Crippen molar-refractivity contribution in [3.63, 3.8) is 0 Å². The van der Waals surface area contributed by atoms with E-state index in [-0.39, 0.29) is 11.5 Å². The Bertz CT molecular complexity index is 951. The summed E-state index contributed by atoms with van der Waals surface area (Å²) < 4.78 is 37.1. The molecule has 0 radical (unpaired) electrons. The van der Waals surface area contributed by atoms with Crippen molar-refractivity contribution in [2.24, 2.45) is 5.92 Å². The minimum absolute atomic E-state index is 0.000264. The number of rotatable bonds is 7. The van der Waals surface area contributed by atoms with Gasteiger partial charge in [-0.25, -0.2) is 4.79 Å². The summed E-state index contributed by atoms with van der Waals surface area (Å²) in [6, 6.07) is 7.59. The lowest BCUT2D eigenvalue weighted by Crippen LogP contribution is -2.49. The Morgan fingerprint density at radius 3 is 2.41 bits per heavy atom. The van der Waals surface area contributed by atoms with Gasteiger partial charge >= 0.3 is 12.1 Å². The maximum absolute atomic E-state index is 10.6. The predicted molar refractivity (Wildman–Crippen MR) is 121 cm³/mol. The molecule has 1 aromatic carbocycles. The van der Waals surface area contributed by atoms with Crippen molar-refractivity contribution in [3.8, 4) is 5.75 Å². The summed E-state index contributed by atoms with van der Waals surface area (Å²) in [6.07, 6.45) is -2.75. The maximum atomic E-state index is 10.6. The highest BCUT2D eigenvalue weighted by atomic mass is 19.4. The smallest absolute Gasteiger partial charge is 0.490 e. The molecule has 0 saturated carbocycles. The van der Waals surface area contributed by atoms with Gasteiger partial charge in [0.25, 0.3) is 0 Å². The molecule has 0 aliphatic carbocycles. The molecule has 1 aromatic heterocycles. The molecule has 2 heterocycles. The Kier molecular flexibility index (Phi) is 9.38. The average Bonchev–Trinajstić information content (AvgIpc) is 2.78. The molecule has 1 aliphatic rings. The van der Waals surface area contributed by atoms with Crippen LogP contribution in [0.15, 0.2) is 24.3 Å². The minimum Gasteiger partial charge on any atom is -0.495 e.